The van der Waals surface area contributed by atoms with Crippen molar-refractivity contribution in [2.75, 3.05) is 13.2 Å². The zero-order valence-electron chi connectivity index (χ0n) is 7.93. The summed E-state index contributed by atoms with van der Waals surface area (Å²) >= 11 is 3.32. The molecule has 2 atom stereocenters. The standard InChI is InChI=1S/C10H18BrNO/c1-8(11)6-12-10-5-3-2-4-9(10)7-13/h9-10,12-13H,1-7H2. The molecule has 0 aromatic heterocycles. The van der Waals surface area contributed by atoms with E-state index in [2.05, 4.69) is 27.8 Å². The summed E-state index contributed by atoms with van der Waals surface area (Å²) in [6.45, 7) is 4.90. The largest absolute Gasteiger partial charge is 0.396 e. The van der Waals surface area contributed by atoms with Gasteiger partial charge in [-0.3, -0.25) is 0 Å². The molecule has 1 saturated carbocycles. The van der Waals surface area contributed by atoms with Gasteiger partial charge in [0.15, 0.2) is 0 Å². The number of hydrogen-bond donors (Lipinski definition) is 2. The zero-order chi connectivity index (χ0) is 9.68. The Kier molecular flexibility index (Phi) is 4.99. The molecule has 2 unspecified atom stereocenters. The van der Waals surface area contributed by atoms with Crippen molar-refractivity contribution < 1.29 is 5.11 Å². The highest BCUT2D eigenvalue weighted by Crippen LogP contribution is 2.24. The summed E-state index contributed by atoms with van der Waals surface area (Å²) in [5.74, 6) is 0.445. The lowest BCUT2D eigenvalue weighted by Gasteiger charge is -2.30. The van der Waals surface area contributed by atoms with Gasteiger partial charge >= 0.3 is 0 Å². The van der Waals surface area contributed by atoms with Crippen LogP contribution in [0.4, 0.5) is 0 Å². The predicted molar refractivity (Wildman–Crippen MR) is 58.9 cm³/mol. The molecule has 0 heterocycles. The number of nitrogens with one attached hydrogen (secondary N) is 1. The lowest BCUT2D eigenvalue weighted by Crippen LogP contribution is -2.40. The minimum Gasteiger partial charge on any atom is -0.396 e. The molecule has 0 aromatic carbocycles. The van der Waals surface area contributed by atoms with Crippen molar-refractivity contribution in [3.63, 3.8) is 0 Å². The van der Waals surface area contributed by atoms with Crippen LogP contribution in [0.3, 0.4) is 0 Å². The van der Waals surface area contributed by atoms with Crippen molar-refractivity contribution in [3.05, 3.63) is 11.1 Å². The lowest BCUT2D eigenvalue weighted by molar-refractivity contribution is 0.155. The van der Waals surface area contributed by atoms with Crippen LogP contribution in [0.2, 0.25) is 0 Å². The molecule has 1 rings (SSSR count). The molecule has 2 nitrogen and oxygen atoms in total. The smallest absolute Gasteiger partial charge is 0.0474 e. The molecule has 0 bridgehead atoms. The van der Waals surface area contributed by atoms with Crippen molar-refractivity contribution >= 4 is 15.9 Å². The second kappa shape index (κ2) is 5.78. The molecule has 1 fully saturated rings. The van der Waals surface area contributed by atoms with Gasteiger partial charge in [0.05, 0.1) is 0 Å². The fraction of sp³-hybridized carbons (Fsp3) is 0.800. The van der Waals surface area contributed by atoms with Gasteiger partial charge in [-0.1, -0.05) is 35.4 Å². The van der Waals surface area contributed by atoms with E-state index in [1.54, 1.807) is 0 Å². The summed E-state index contributed by atoms with van der Waals surface area (Å²) in [4.78, 5) is 0. The Bertz CT molecular complexity index is 172. The first kappa shape index (κ1) is 11.2. The van der Waals surface area contributed by atoms with E-state index in [1.165, 1.54) is 19.3 Å². The maximum atomic E-state index is 9.15. The highest BCUT2D eigenvalue weighted by molar-refractivity contribution is 9.11. The van der Waals surface area contributed by atoms with E-state index >= 15 is 0 Å². The van der Waals surface area contributed by atoms with Gasteiger partial charge in [0.2, 0.25) is 0 Å². The molecule has 0 saturated heterocycles. The second-order valence-corrected chi connectivity index (χ2v) is 4.85. The third-order valence-corrected chi connectivity index (χ3v) is 2.98. The van der Waals surface area contributed by atoms with Gasteiger partial charge in [-0.2, -0.15) is 0 Å². The predicted octanol–water partition coefficient (Wildman–Crippen LogP) is 2.04. The molecule has 0 aromatic rings. The lowest BCUT2D eigenvalue weighted by atomic mass is 9.85. The molecular weight excluding hydrogens is 230 g/mol. The third-order valence-electron chi connectivity index (χ3n) is 2.70. The van der Waals surface area contributed by atoms with Crippen LogP contribution in [0.1, 0.15) is 25.7 Å². The molecule has 13 heavy (non-hydrogen) atoms. The Morgan fingerprint density at radius 2 is 2.15 bits per heavy atom. The first-order valence-corrected chi connectivity index (χ1v) is 5.71. The van der Waals surface area contributed by atoms with Crippen LogP contribution in [0, 0.1) is 5.92 Å². The van der Waals surface area contributed by atoms with Crippen LogP contribution in [-0.2, 0) is 0 Å². The van der Waals surface area contributed by atoms with E-state index in [0.29, 0.717) is 18.6 Å². The molecule has 0 spiro atoms. The van der Waals surface area contributed by atoms with Gasteiger partial charge in [-0.25, -0.2) is 0 Å². The van der Waals surface area contributed by atoms with E-state index in [-0.39, 0.29) is 0 Å². The molecule has 3 heteroatoms. The average molecular weight is 248 g/mol. The summed E-state index contributed by atoms with van der Waals surface area (Å²) in [5.41, 5.74) is 0. The monoisotopic (exact) mass is 247 g/mol. The SMILES string of the molecule is C=C(Br)CNC1CCCCC1CO. The third kappa shape index (κ3) is 3.79. The van der Waals surface area contributed by atoms with Crippen molar-refractivity contribution in [1.29, 1.82) is 0 Å². The molecule has 0 aliphatic heterocycles. The van der Waals surface area contributed by atoms with Gasteiger partial charge in [0.25, 0.3) is 0 Å². The van der Waals surface area contributed by atoms with Gasteiger partial charge in [-0.15, -0.1) is 0 Å². The van der Waals surface area contributed by atoms with Crippen LogP contribution < -0.4 is 5.32 Å². The van der Waals surface area contributed by atoms with E-state index in [1.807, 2.05) is 0 Å². The van der Waals surface area contributed by atoms with Crippen molar-refractivity contribution in [3.8, 4) is 0 Å². The fourth-order valence-corrected chi connectivity index (χ4v) is 2.10. The Morgan fingerprint density at radius 3 is 2.77 bits per heavy atom. The summed E-state index contributed by atoms with van der Waals surface area (Å²) in [5, 5.41) is 12.6. The summed E-state index contributed by atoms with van der Waals surface area (Å²) in [6, 6.07) is 0.480. The molecule has 2 N–H and O–H groups in total. The van der Waals surface area contributed by atoms with Gasteiger partial charge in [0.1, 0.15) is 0 Å². The van der Waals surface area contributed by atoms with Crippen LogP contribution in [0.15, 0.2) is 11.1 Å². The number of hydrogen-bond acceptors (Lipinski definition) is 2. The Labute approximate surface area is 88.5 Å². The molecule has 1 aliphatic carbocycles. The fourth-order valence-electron chi connectivity index (χ4n) is 1.94. The van der Waals surface area contributed by atoms with Crippen molar-refractivity contribution in [2.24, 2.45) is 5.92 Å². The van der Waals surface area contributed by atoms with Crippen LogP contribution in [-0.4, -0.2) is 24.3 Å². The first-order chi connectivity index (χ1) is 6.24. The van der Waals surface area contributed by atoms with E-state index in [9.17, 15) is 0 Å². The molecule has 1 aliphatic rings. The van der Waals surface area contributed by atoms with Crippen molar-refractivity contribution in [2.45, 2.75) is 31.7 Å². The van der Waals surface area contributed by atoms with Crippen LogP contribution in [0.5, 0.6) is 0 Å². The maximum absolute atomic E-state index is 9.15. The minimum absolute atomic E-state index is 0.312. The number of aliphatic hydroxyl groups excluding tert-OH is 1. The average Bonchev–Trinajstić information content (AvgIpc) is 2.15. The number of halogens is 1. The second-order valence-electron chi connectivity index (χ2n) is 3.73. The Balaban J connectivity index is 2.31. The van der Waals surface area contributed by atoms with Crippen LogP contribution in [0.25, 0.3) is 0 Å². The Morgan fingerprint density at radius 1 is 1.46 bits per heavy atom. The highest BCUT2D eigenvalue weighted by atomic mass is 79.9. The highest BCUT2D eigenvalue weighted by Gasteiger charge is 2.23. The molecule has 0 amide bonds. The Hall–Kier alpha value is 0.140. The van der Waals surface area contributed by atoms with E-state index in [0.717, 1.165) is 17.4 Å². The minimum atomic E-state index is 0.312. The quantitative estimate of drug-likeness (QED) is 0.797. The summed E-state index contributed by atoms with van der Waals surface area (Å²) < 4.78 is 0.981. The topological polar surface area (TPSA) is 32.3 Å². The summed E-state index contributed by atoms with van der Waals surface area (Å²) in [7, 11) is 0. The maximum Gasteiger partial charge on any atom is 0.0474 e. The first-order valence-electron chi connectivity index (χ1n) is 4.91. The number of aliphatic hydroxyl groups is 1. The van der Waals surface area contributed by atoms with Crippen molar-refractivity contribution in [1.82, 2.24) is 5.32 Å². The molecule has 0 radical (unpaired) electrons. The molecule has 76 valence electrons. The zero-order valence-corrected chi connectivity index (χ0v) is 9.52. The number of rotatable bonds is 4. The van der Waals surface area contributed by atoms with Gasteiger partial charge < -0.3 is 10.4 Å². The van der Waals surface area contributed by atoms with Gasteiger partial charge in [0, 0.05) is 23.7 Å². The van der Waals surface area contributed by atoms with Crippen LogP contribution >= 0.6 is 15.9 Å². The summed E-state index contributed by atoms with van der Waals surface area (Å²) in [6.07, 6.45) is 4.88. The van der Waals surface area contributed by atoms with E-state index < -0.39 is 0 Å². The normalized spacial score (nSPS) is 28.8. The molecular formula is C10H18BrNO. The van der Waals surface area contributed by atoms with Gasteiger partial charge in [-0.05, 0) is 18.8 Å². The van der Waals surface area contributed by atoms with E-state index in [4.69, 9.17) is 5.11 Å².